The molecular formula is C29H36O12. The van der Waals surface area contributed by atoms with Crippen molar-refractivity contribution in [3.8, 4) is 0 Å². The number of ketones is 1. The van der Waals surface area contributed by atoms with Gasteiger partial charge in [-0.05, 0) is 18.9 Å². The Morgan fingerprint density at radius 3 is 2.44 bits per heavy atom. The fraction of sp³-hybridized carbons (Fsp3) is 0.724. The van der Waals surface area contributed by atoms with Crippen molar-refractivity contribution in [2.75, 3.05) is 7.11 Å². The maximum absolute atomic E-state index is 14.2. The number of rotatable bonds is 4. The van der Waals surface area contributed by atoms with Gasteiger partial charge in [0.15, 0.2) is 6.10 Å². The minimum absolute atomic E-state index is 0.0964. The van der Waals surface area contributed by atoms with E-state index in [2.05, 4.69) is 0 Å². The summed E-state index contributed by atoms with van der Waals surface area (Å²) in [6.07, 6.45) is -2.67. The fourth-order valence-corrected chi connectivity index (χ4v) is 10.5. The first-order valence-corrected chi connectivity index (χ1v) is 13.9. The molecule has 5 fully saturated rings. The Bertz CT molecular complexity index is 1340. The third-order valence-corrected chi connectivity index (χ3v) is 12.0. The summed E-state index contributed by atoms with van der Waals surface area (Å²) in [4.78, 5) is 52.7. The first-order chi connectivity index (χ1) is 19.0. The number of cyclic esters (lactones) is 1. The molecule has 2 heterocycles. The molecule has 4 saturated carbocycles. The van der Waals surface area contributed by atoms with E-state index in [9.17, 15) is 39.6 Å². The minimum atomic E-state index is -2.53. The van der Waals surface area contributed by atoms with Gasteiger partial charge in [-0.15, -0.1) is 0 Å². The second-order valence-corrected chi connectivity index (χ2v) is 13.4. The largest absolute Gasteiger partial charge is 0.472 e. The SMILES string of the molecule is COC(=O)[C@H](O)[C@H]1[C@@]2(C)C[C@]3(OC(C)=O)C(C2=O)[C@H](O)[C@@]2(O)C(CC[C@@]4(C)[C@H](c5ccoc5)OC(=O)C[C@@]42O)[C@]13C. The zero-order chi connectivity index (χ0) is 30.1. The molecule has 1 saturated heterocycles. The van der Waals surface area contributed by atoms with Crippen molar-refractivity contribution in [1.82, 2.24) is 0 Å². The summed E-state index contributed by atoms with van der Waals surface area (Å²) in [5.74, 6) is -7.09. The van der Waals surface area contributed by atoms with Gasteiger partial charge < -0.3 is 39.1 Å². The molecule has 5 aliphatic rings. The molecule has 12 atom stereocenters. The van der Waals surface area contributed by atoms with E-state index in [0.717, 1.165) is 14.0 Å². The van der Waals surface area contributed by atoms with Crippen molar-refractivity contribution in [3.63, 3.8) is 0 Å². The van der Waals surface area contributed by atoms with Crippen molar-refractivity contribution in [1.29, 1.82) is 0 Å². The molecule has 4 N–H and O–H groups in total. The molecule has 12 heteroatoms. The van der Waals surface area contributed by atoms with E-state index in [1.54, 1.807) is 26.8 Å². The zero-order valence-corrected chi connectivity index (χ0v) is 23.6. The van der Waals surface area contributed by atoms with Crippen LogP contribution in [0.4, 0.5) is 0 Å². The van der Waals surface area contributed by atoms with Gasteiger partial charge >= 0.3 is 17.9 Å². The summed E-state index contributed by atoms with van der Waals surface area (Å²) < 4.78 is 21.7. The van der Waals surface area contributed by atoms with Gasteiger partial charge in [0.1, 0.15) is 28.7 Å². The summed E-state index contributed by atoms with van der Waals surface area (Å²) in [5.41, 5.74) is -10.5. The number of fused-ring (bicyclic) bond motifs is 5. The van der Waals surface area contributed by atoms with Crippen LogP contribution in [0.5, 0.6) is 0 Å². The van der Waals surface area contributed by atoms with Crippen LogP contribution in [-0.4, -0.2) is 80.2 Å². The van der Waals surface area contributed by atoms with Gasteiger partial charge in [0.25, 0.3) is 0 Å². The van der Waals surface area contributed by atoms with Crippen LogP contribution < -0.4 is 0 Å². The highest BCUT2D eigenvalue weighted by molar-refractivity contribution is 5.96. The van der Waals surface area contributed by atoms with Gasteiger partial charge in [-0.2, -0.15) is 0 Å². The molecule has 2 bridgehead atoms. The van der Waals surface area contributed by atoms with E-state index in [1.807, 2.05) is 0 Å². The highest BCUT2D eigenvalue weighted by atomic mass is 16.6. The highest BCUT2D eigenvalue weighted by Crippen LogP contribution is 2.81. The molecule has 224 valence electrons. The number of esters is 3. The van der Waals surface area contributed by atoms with Gasteiger partial charge in [0.2, 0.25) is 0 Å². The van der Waals surface area contributed by atoms with E-state index in [-0.39, 0.29) is 19.3 Å². The van der Waals surface area contributed by atoms with Gasteiger partial charge in [0, 0.05) is 47.0 Å². The van der Waals surface area contributed by atoms with Crippen molar-refractivity contribution in [3.05, 3.63) is 24.2 Å². The van der Waals surface area contributed by atoms with Crippen molar-refractivity contribution < 1.29 is 58.2 Å². The van der Waals surface area contributed by atoms with Crippen LogP contribution in [0.3, 0.4) is 0 Å². The molecule has 1 aromatic rings. The maximum atomic E-state index is 14.2. The fourth-order valence-electron chi connectivity index (χ4n) is 10.5. The zero-order valence-electron chi connectivity index (χ0n) is 23.6. The second kappa shape index (κ2) is 8.18. The minimum Gasteiger partial charge on any atom is -0.472 e. The molecule has 12 nitrogen and oxygen atoms in total. The average Bonchev–Trinajstić information content (AvgIpc) is 3.54. The lowest BCUT2D eigenvalue weighted by Crippen LogP contribution is -2.86. The maximum Gasteiger partial charge on any atom is 0.335 e. The highest BCUT2D eigenvalue weighted by Gasteiger charge is 2.91. The normalized spacial score (nSPS) is 50.4. The van der Waals surface area contributed by atoms with Crippen LogP contribution in [0.2, 0.25) is 0 Å². The summed E-state index contributed by atoms with van der Waals surface area (Å²) >= 11 is 0. The Morgan fingerprint density at radius 2 is 1.85 bits per heavy atom. The van der Waals surface area contributed by atoms with Gasteiger partial charge in [-0.3, -0.25) is 14.4 Å². The van der Waals surface area contributed by atoms with E-state index in [1.165, 1.54) is 12.5 Å². The summed E-state index contributed by atoms with van der Waals surface area (Å²) in [6.45, 7) is 5.99. The number of aliphatic hydroxyl groups excluding tert-OH is 2. The quantitative estimate of drug-likeness (QED) is 0.289. The molecule has 2 unspecified atom stereocenters. The molecule has 41 heavy (non-hydrogen) atoms. The first-order valence-electron chi connectivity index (χ1n) is 13.9. The number of Topliss-reactive ketones (excluding diaryl/α,β-unsaturated/α-hetero) is 1. The van der Waals surface area contributed by atoms with Gasteiger partial charge in [-0.25, -0.2) is 4.79 Å². The molecule has 0 aromatic carbocycles. The number of hydrogen-bond donors (Lipinski definition) is 4. The Labute approximate surface area is 235 Å². The van der Waals surface area contributed by atoms with Crippen molar-refractivity contribution >= 4 is 23.7 Å². The molecule has 1 aliphatic heterocycles. The molecule has 4 aliphatic carbocycles. The molecular weight excluding hydrogens is 540 g/mol. The Hall–Kier alpha value is -2.80. The lowest BCUT2D eigenvalue weighted by molar-refractivity contribution is -0.380. The Kier molecular flexibility index (Phi) is 5.65. The number of furan rings is 1. The number of aliphatic hydroxyl groups is 4. The van der Waals surface area contributed by atoms with Gasteiger partial charge in [0.05, 0.1) is 38.1 Å². The molecule has 0 radical (unpaired) electrons. The van der Waals surface area contributed by atoms with E-state index < -0.39 is 99.2 Å². The Balaban J connectivity index is 1.61. The predicted molar refractivity (Wildman–Crippen MR) is 134 cm³/mol. The third-order valence-electron chi connectivity index (χ3n) is 12.0. The summed E-state index contributed by atoms with van der Waals surface area (Å²) in [7, 11) is 1.09. The van der Waals surface area contributed by atoms with Crippen LogP contribution in [-0.2, 0) is 33.4 Å². The van der Waals surface area contributed by atoms with Crippen LogP contribution >= 0.6 is 0 Å². The van der Waals surface area contributed by atoms with Crippen molar-refractivity contribution in [2.45, 2.75) is 88.5 Å². The van der Waals surface area contributed by atoms with Crippen LogP contribution in [0.15, 0.2) is 23.0 Å². The van der Waals surface area contributed by atoms with Gasteiger partial charge in [-0.1, -0.05) is 20.8 Å². The van der Waals surface area contributed by atoms with Crippen molar-refractivity contribution in [2.24, 2.45) is 34.0 Å². The Morgan fingerprint density at radius 1 is 1.17 bits per heavy atom. The molecule has 1 aromatic heterocycles. The first kappa shape index (κ1) is 28.3. The lowest BCUT2D eigenvalue weighted by Gasteiger charge is -2.73. The average molecular weight is 577 g/mol. The number of carbonyl (C=O) groups is 4. The van der Waals surface area contributed by atoms with E-state index in [0.29, 0.717) is 5.56 Å². The van der Waals surface area contributed by atoms with E-state index >= 15 is 0 Å². The molecule has 0 spiro atoms. The smallest absolute Gasteiger partial charge is 0.335 e. The predicted octanol–water partition coefficient (Wildman–Crippen LogP) is 0.588. The van der Waals surface area contributed by atoms with E-state index in [4.69, 9.17) is 18.6 Å². The molecule has 0 amide bonds. The lowest BCUT2D eigenvalue weighted by atomic mass is 9.35. The summed E-state index contributed by atoms with van der Waals surface area (Å²) in [5, 5.41) is 49.0. The monoisotopic (exact) mass is 576 g/mol. The number of carbonyl (C=O) groups excluding carboxylic acids is 4. The number of ether oxygens (including phenoxy) is 3. The summed E-state index contributed by atoms with van der Waals surface area (Å²) in [6, 6.07) is 1.58. The van der Waals surface area contributed by atoms with Crippen LogP contribution in [0, 0.1) is 34.0 Å². The standard InChI is InChI=1S/C29H36O12/c1-13(30)41-27-12-24(2)19(18(32)23(35)38-5)26(27,4)15-6-8-25(3)22(14-7-9-39-11-14)40-16(31)10-28(25,36)29(15,37)21(34)17(27)20(24)33/h7,9,11,15,17-19,21-22,32,34,36-37H,6,8,10,12H2,1-5H3/t15?,17?,18-,19+,21+,22+,24-,25+,26-,27+,28-,29+/m1/s1. The number of methoxy groups -OCH3 is 1. The van der Waals surface area contributed by atoms with Crippen LogP contribution in [0.25, 0.3) is 0 Å². The second-order valence-electron chi connectivity index (χ2n) is 13.4. The third kappa shape index (κ3) is 2.85. The molecule has 6 rings (SSSR count). The topological polar surface area (TPSA) is 190 Å². The van der Waals surface area contributed by atoms with Crippen LogP contribution in [0.1, 0.15) is 65.0 Å². The number of hydrogen-bond acceptors (Lipinski definition) is 12.